The molecule has 1 N–H and O–H groups in total. The van der Waals surface area contributed by atoms with E-state index in [1.165, 1.54) is 23.5 Å². The van der Waals surface area contributed by atoms with Crippen molar-refractivity contribution >= 4 is 27.3 Å². The van der Waals surface area contributed by atoms with Crippen molar-refractivity contribution in [2.75, 3.05) is 16.7 Å². The summed E-state index contributed by atoms with van der Waals surface area (Å²) in [6, 6.07) is 20.7. The molecule has 0 heterocycles. The number of sulfonamides is 1. The summed E-state index contributed by atoms with van der Waals surface area (Å²) in [4.78, 5) is 12.8. The standard InChI is InChI=1S/C22H22N2O3S/c1-16-13-14-20(17(2)15-16)23-22(25)19-11-7-8-12-21(19)28(26,27)24(3)18-9-5-4-6-10-18/h4-15H,1-3H3,(H,23,25). The minimum absolute atomic E-state index is 0.0383. The van der Waals surface area contributed by atoms with Crippen molar-refractivity contribution < 1.29 is 13.2 Å². The first-order chi connectivity index (χ1) is 13.3. The maximum atomic E-state index is 13.2. The van der Waals surface area contributed by atoms with E-state index in [0.29, 0.717) is 11.4 Å². The van der Waals surface area contributed by atoms with Gasteiger partial charge in [0.05, 0.1) is 11.3 Å². The number of amides is 1. The van der Waals surface area contributed by atoms with E-state index < -0.39 is 15.9 Å². The van der Waals surface area contributed by atoms with E-state index in [-0.39, 0.29) is 10.5 Å². The Morgan fingerprint density at radius 3 is 2.21 bits per heavy atom. The van der Waals surface area contributed by atoms with Gasteiger partial charge in [-0.1, -0.05) is 48.0 Å². The first-order valence-corrected chi connectivity index (χ1v) is 10.3. The molecule has 3 aromatic rings. The van der Waals surface area contributed by atoms with Gasteiger partial charge in [0, 0.05) is 12.7 Å². The van der Waals surface area contributed by atoms with Crippen LogP contribution < -0.4 is 9.62 Å². The second-order valence-corrected chi connectivity index (χ2v) is 8.51. The molecule has 0 saturated carbocycles. The number of rotatable bonds is 5. The average molecular weight is 394 g/mol. The van der Waals surface area contributed by atoms with Gasteiger partial charge in [-0.2, -0.15) is 0 Å². The van der Waals surface area contributed by atoms with Crippen LogP contribution in [0.25, 0.3) is 0 Å². The monoisotopic (exact) mass is 394 g/mol. The molecule has 0 unspecified atom stereocenters. The minimum Gasteiger partial charge on any atom is -0.322 e. The molecule has 0 fully saturated rings. The Bertz CT molecular complexity index is 1110. The summed E-state index contributed by atoms with van der Waals surface area (Å²) < 4.78 is 27.5. The number of anilines is 2. The van der Waals surface area contributed by atoms with Crippen LogP contribution in [-0.2, 0) is 10.0 Å². The van der Waals surface area contributed by atoms with Gasteiger partial charge >= 0.3 is 0 Å². The molecule has 0 saturated heterocycles. The smallest absolute Gasteiger partial charge is 0.264 e. The lowest BCUT2D eigenvalue weighted by Crippen LogP contribution is -2.29. The highest BCUT2D eigenvalue weighted by Crippen LogP contribution is 2.25. The van der Waals surface area contributed by atoms with Crippen LogP contribution in [0.5, 0.6) is 0 Å². The van der Waals surface area contributed by atoms with Crippen LogP contribution in [0.15, 0.2) is 77.7 Å². The van der Waals surface area contributed by atoms with Crippen molar-refractivity contribution in [3.63, 3.8) is 0 Å². The van der Waals surface area contributed by atoms with Gasteiger partial charge < -0.3 is 5.32 Å². The van der Waals surface area contributed by atoms with E-state index in [9.17, 15) is 13.2 Å². The van der Waals surface area contributed by atoms with Crippen molar-refractivity contribution in [1.29, 1.82) is 0 Å². The van der Waals surface area contributed by atoms with Crippen molar-refractivity contribution in [1.82, 2.24) is 0 Å². The van der Waals surface area contributed by atoms with Gasteiger partial charge in [-0.3, -0.25) is 9.10 Å². The molecule has 6 heteroatoms. The molecule has 144 valence electrons. The number of hydrogen-bond donors (Lipinski definition) is 1. The van der Waals surface area contributed by atoms with E-state index in [0.717, 1.165) is 11.1 Å². The van der Waals surface area contributed by atoms with Crippen LogP contribution in [0.2, 0.25) is 0 Å². The Hall–Kier alpha value is -3.12. The predicted molar refractivity (Wildman–Crippen MR) is 112 cm³/mol. The quantitative estimate of drug-likeness (QED) is 0.698. The SMILES string of the molecule is Cc1ccc(NC(=O)c2ccccc2S(=O)(=O)N(C)c2ccccc2)c(C)c1. The molecule has 0 bridgehead atoms. The maximum absolute atomic E-state index is 13.2. The number of benzene rings is 3. The molecule has 3 rings (SSSR count). The molecule has 0 aliphatic heterocycles. The molecule has 0 atom stereocenters. The topological polar surface area (TPSA) is 66.5 Å². The van der Waals surface area contributed by atoms with Gasteiger partial charge in [0.25, 0.3) is 15.9 Å². The number of carbonyl (C=O) groups excluding carboxylic acids is 1. The Morgan fingerprint density at radius 1 is 0.893 bits per heavy atom. The number of para-hydroxylation sites is 1. The summed E-state index contributed by atoms with van der Waals surface area (Å²) in [6.07, 6.45) is 0. The van der Waals surface area contributed by atoms with Crippen molar-refractivity contribution in [2.45, 2.75) is 18.7 Å². The maximum Gasteiger partial charge on any atom is 0.264 e. The van der Waals surface area contributed by atoms with Gasteiger partial charge in [-0.15, -0.1) is 0 Å². The molecular formula is C22H22N2O3S. The number of nitrogens with one attached hydrogen (secondary N) is 1. The Morgan fingerprint density at radius 2 is 1.54 bits per heavy atom. The molecular weight excluding hydrogens is 372 g/mol. The summed E-state index contributed by atoms with van der Waals surface area (Å²) in [5.74, 6) is -0.465. The Labute approximate surface area is 165 Å². The van der Waals surface area contributed by atoms with Crippen molar-refractivity contribution in [3.8, 4) is 0 Å². The molecule has 0 aliphatic rings. The van der Waals surface area contributed by atoms with E-state index in [2.05, 4.69) is 5.32 Å². The summed E-state index contributed by atoms with van der Waals surface area (Å²) in [5, 5.41) is 2.82. The fraction of sp³-hybridized carbons (Fsp3) is 0.136. The molecule has 0 spiro atoms. The lowest BCUT2D eigenvalue weighted by Gasteiger charge is -2.21. The van der Waals surface area contributed by atoms with Gasteiger partial charge in [-0.05, 0) is 49.7 Å². The minimum atomic E-state index is -3.90. The first kappa shape index (κ1) is 19.6. The van der Waals surface area contributed by atoms with Crippen LogP contribution in [0.1, 0.15) is 21.5 Å². The average Bonchev–Trinajstić information content (AvgIpc) is 2.70. The molecule has 0 aromatic heterocycles. The molecule has 5 nitrogen and oxygen atoms in total. The molecule has 1 amide bonds. The number of nitrogens with zero attached hydrogens (tertiary/aromatic N) is 1. The van der Waals surface area contributed by atoms with Crippen molar-refractivity contribution in [3.05, 3.63) is 89.5 Å². The summed E-state index contributed by atoms with van der Waals surface area (Å²) in [6.45, 7) is 3.87. The summed E-state index contributed by atoms with van der Waals surface area (Å²) in [7, 11) is -2.43. The van der Waals surface area contributed by atoms with E-state index >= 15 is 0 Å². The highest BCUT2D eigenvalue weighted by atomic mass is 32.2. The van der Waals surface area contributed by atoms with E-state index in [1.54, 1.807) is 36.4 Å². The highest BCUT2D eigenvalue weighted by Gasteiger charge is 2.26. The Balaban J connectivity index is 1.97. The Kier molecular flexibility index (Phi) is 5.51. The fourth-order valence-corrected chi connectivity index (χ4v) is 4.33. The molecule has 0 radical (unpaired) electrons. The van der Waals surface area contributed by atoms with Crippen LogP contribution >= 0.6 is 0 Å². The third-order valence-electron chi connectivity index (χ3n) is 4.52. The number of aryl methyl sites for hydroxylation is 2. The zero-order valence-electron chi connectivity index (χ0n) is 16.0. The number of hydrogen-bond acceptors (Lipinski definition) is 3. The normalized spacial score (nSPS) is 11.1. The zero-order chi connectivity index (χ0) is 20.3. The fourth-order valence-electron chi connectivity index (χ4n) is 2.95. The van der Waals surface area contributed by atoms with Gasteiger partial charge in [0.15, 0.2) is 0 Å². The van der Waals surface area contributed by atoms with Gasteiger partial charge in [0.2, 0.25) is 0 Å². The van der Waals surface area contributed by atoms with Crippen LogP contribution in [-0.4, -0.2) is 21.4 Å². The largest absolute Gasteiger partial charge is 0.322 e. The van der Waals surface area contributed by atoms with E-state index in [1.807, 2.05) is 38.1 Å². The number of carbonyl (C=O) groups is 1. The molecule has 28 heavy (non-hydrogen) atoms. The first-order valence-electron chi connectivity index (χ1n) is 8.82. The molecule has 3 aromatic carbocycles. The van der Waals surface area contributed by atoms with Crippen molar-refractivity contribution in [2.24, 2.45) is 0 Å². The van der Waals surface area contributed by atoms with E-state index in [4.69, 9.17) is 0 Å². The summed E-state index contributed by atoms with van der Waals surface area (Å²) >= 11 is 0. The second kappa shape index (κ2) is 7.86. The second-order valence-electron chi connectivity index (χ2n) is 6.58. The third kappa shape index (κ3) is 3.92. The highest BCUT2D eigenvalue weighted by molar-refractivity contribution is 7.92. The zero-order valence-corrected chi connectivity index (χ0v) is 16.8. The predicted octanol–water partition coefficient (Wildman–Crippen LogP) is 4.38. The van der Waals surface area contributed by atoms with Crippen LogP contribution in [0.3, 0.4) is 0 Å². The van der Waals surface area contributed by atoms with Crippen LogP contribution in [0.4, 0.5) is 11.4 Å². The lowest BCUT2D eigenvalue weighted by molar-refractivity contribution is 0.102. The lowest BCUT2D eigenvalue weighted by atomic mass is 10.1. The molecule has 0 aliphatic carbocycles. The summed E-state index contributed by atoms with van der Waals surface area (Å²) in [5.41, 5.74) is 3.27. The van der Waals surface area contributed by atoms with Gasteiger partial charge in [0.1, 0.15) is 4.90 Å². The van der Waals surface area contributed by atoms with Crippen LogP contribution in [0, 0.1) is 13.8 Å². The van der Waals surface area contributed by atoms with Gasteiger partial charge in [-0.25, -0.2) is 8.42 Å². The third-order valence-corrected chi connectivity index (χ3v) is 6.36.